The molecule has 0 amide bonds. The van der Waals surface area contributed by atoms with Gasteiger partial charge in [-0.25, -0.2) is 4.39 Å². The summed E-state index contributed by atoms with van der Waals surface area (Å²) in [5.41, 5.74) is 0.816. The lowest BCUT2D eigenvalue weighted by Gasteiger charge is -2.18. The summed E-state index contributed by atoms with van der Waals surface area (Å²) in [5.74, 6) is -0.758. The van der Waals surface area contributed by atoms with Crippen molar-refractivity contribution >= 4 is 15.9 Å². The summed E-state index contributed by atoms with van der Waals surface area (Å²) < 4.78 is 34.8. The van der Waals surface area contributed by atoms with E-state index in [9.17, 15) is 9.65 Å². The molecule has 0 fully saturated rings. The van der Waals surface area contributed by atoms with Crippen LogP contribution in [-0.4, -0.2) is 32.8 Å². The second kappa shape index (κ2) is 9.32. The van der Waals surface area contributed by atoms with E-state index in [-0.39, 0.29) is 23.8 Å². The number of rotatable bonds is 8. The largest absolute Gasteiger partial charge is 0.467 e. The first-order valence-corrected chi connectivity index (χ1v) is 7.98. The molecule has 0 saturated heterocycles. The average molecular weight is 411 g/mol. The first kappa shape index (κ1) is 19.1. The van der Waals surface area contributed by atoms with Crippen LogP contribution >= 0.6 is 15.9 Å². The summed E-state index contributed by atoms with van der Waals surface area (Å²) in [5, 5.41) is 9.72. The molecule has 132 valence electrons. The van der Waals surface area contributed by atoms with Gasteiger partial charge >= 0.3 is 0 Å². The fourth-order valence-electron chi connectivity index (χ4n) is 2.16. The quantitative estimate of drug-likeness (QED) is 0.618. The Balaban J connectivity index is 2.51. The molecule has 0 radical (unpaired) electrons. The minimum absolute atomic E-state index is 0.0109. The normalized spacial score (nSPS) is 11.6. The van der Waals surface area contributed by atoms with Crippen molar-refractivity contribution in [3.63, 3.8) is 0 Å². The predicted octanol–water partition coefficient (Wildman–Crippen LogP) is 3.60. The monoisotopic (exact) mass is 410 g/mol. The first-order valence-electron chi connectivity index (χ1n) is 7.19. The number of halogens is 2. The molecule has 0 saturated carbocycles. The molecule has 0 aliphatic rings. The molecule has 0 bridgehead atoms. The summed E-state index contributed by atoms with van der Waals surface area (Å²) in [4.78, 5) is 4.25. The van der Waals surface area contributed by atoms with Gasteiger partial charge in [0.05, 0.1) is 10.5 Å². The van der Waals surface area contributed by atoms with Crippen LogP contribution in [0.15, 0.2) is 34.9 Å². The number of methoxy groups -OCH3 is 2. The lowest BCUT2D eigenvalue weighted by molar-refractivity contribution is 0.0492. The van der Waals surface area contributed by atoms with E-state index in [1.807, 2.05) is 0 Å². The van der Waals surface area contributed by atoms with Crippen LogP contribution in [-0.2, 0) is 9.47 Å². The molecule has 1 heterocycles. The van der Waals surface area contributed by atoms with E-state index in [1.54, 1.807) is 18.3 Å². The Hall–Kier alpha value is -2.21. The molecule has 1 aromatic heterocycles. The van der Waals surface area contributed by atoms with E-state index in [1.165, 1.54) is 26.4 Å². The summed E-state index contributed by atoms with van der Waals surface area (Å²) in [6.45, 7) is -0.0710. The van der Waals surface area contributed by atoms with Crippen LogP contribution in [0.25, 0.3) is 0 Å². The lowest BCUT2D eigenvalue weighted by Crippen LogP contribution is -2.10. The third kappa shape index (κ3) is 4.66. The second-order valence-electron chi connectivity index (χ2n) is 4.85. The van der Waals surface area contributed by atoms with Crippen LogP contribution < -0.4 is 9.47 Å². The number of ether oxygens (including phenoxy) is 4. The Morgan fingerprint density at radius 3 is 2.52 bits per heavy atom. The molecule has 2 rings (SSSR count). The zero-order chi connectivity index (χ0) is 18.2. The molecule has 25 heavy (non-hydrogen) atoms. The number of nitrogens with zero attached hydrogens (tertiary/aromatic N) is 2. The van der Waals surface area contributed by atoms with Gasteiger partial charge in [0.1, 0.15) is 28.9 Å². The van der Waals surface area contributed by atoms with Crippen molar-refractivity contribution in [1.29, 1.82) is 5.26 Å². The lowest BCUT2D eigenvalue weighted by atomic mass is 9.95. The van der Waals surface area contributed by atoms with Crippen molar-refractivity contribution in [1.82, 2.24) is 4.98 Å². The SMILES string of the molecule is COCOc1cc(F)c(Br)cc1C(C#N)c1ncccc1OCOC. The summed E-state index contributed by atoms with van der Waals surface area (Å²) in [6, 6.07) is 8.22. The van der Waals surface area contributed by atoms with Gasteiger partial charge in [0.15, 0.2) is 13.6 Å². The van der Waals surface area contributed by atoms with Gasteiger partial charge in [0.2, 0.25) is 0 Å². The molecule has 1 atom stereocenters. The van der Waals surface area contributed by atoms with Gasteiger partial charge < -0.3 is 18.9 Å². The van der Waals surface area contributed by atoms with Gasteiger partial charge in [-0.3, -0.25) is 4.98 Å². The zero-order valence-corrected chi connectivity index (χ0v) is 15.2. The van der Waals surface area contributed by atoms with Crippen molar-refractivity contribution in [2.45, 2.75) is 5.92 Å². The van der Waals surface area contributed by atoms with Crippen molar-refractivity contribution < 1.29 is 23.3 Å². The maximum absolute atomic E-state index is 13.9. The number of hydrogen-bond acceptors (Lipinski definition) is 6. The summed E-state index contributed by atoms with van der Waals surface area (Å²) in [7, 11) is 2.94. The number of benzene rings is 1. The predicted molar refractivity (Wildman–Crippen MR) is 90.8 cm³/mol. The highest BCUT2D eigenvalue weighted by Gasteiger charge is 2.25. The highest BCUT2D eigenvalue weighted by atomic mass is 79.9. The Labute approximate surface area is 153 Å². The van der Waals surface area contributed by atoms with Gasteiger partial charge in [-0.05, 0) is 34.1 Å². The molecule has 0 aliphatic carbocycles. The van der Waals surface area contributed by atoms with E-state index in [4.69, 9.17) is 18.9 Å². The van der Waals surface area contributed by atoms with Gasteiger partial charge in [0.25, 0.3) is 0 Å². The molecule has 8 heteroatoms. The Morgan fingerprint density at radius 1 is 1.20 bits per heavy atom. The molecule has 0 N–H and O–H groups in total. The standard InChI is InChI=1S/C17H16BrFN2O4/c1-22-9-24-15-4-3-5-21-17(15)12(8-20)11-6-13(18)14(19)7-16(11)25-10-23-2/h3-7,12H,9-10H2,1-2H3. The van der Waals surface area contributed by atoms with Crippen molar-refractivity contribution in [3.8, 4) is 17.6 Å². The maximum Gasteiger partial charge on any atom is 0.188 e. The molecule has 6 nitrogen and oxygen atoms in total. The van der Waals surface area contributed by atoms with E-state index in [0.29, 0.717) is 17.0 Å². The topological polar surface area (TPSA) is 73.6 Å². The third-order valence-corrected chi connectivity index (χ3v) is 3.84. The molecule has 2 aromatic rings. The minimum atomic E-state index is -0.836. The molecule has 0 spiro atoms. The van der Waals surface area contributed by atoms with Gasteiger partial charge in [-0.15, -0.1) is 0 Å². The maximum atomic E-state index is 13.9. The molecule has 1 aromatic carbocycles. The Morgan fingerprint density at radius 2 is 1.88 bits per heavy atom. The number of hydrogen-bond donors (Lipinski definition) is 0. The Bertz CT molecular complexity index is 767. The molecular weight excluding hydrogens is 395 g/mol. The van der Waals surface area contributed by atoms with Crippen LogP contribution in [0.4, 0.5) is 4.39 Å². The van der Waals surface area contributed by atoms with Crippen LogP contribution in [0.1, 0.15) is 17.2 Å². The van der Waals surface area contributed by atoms with Crippen LogP contribution in [0, 0.1) is 17.1 Å². The smallest absolute Gasteiger partial charge is 0.188 e. The number of aromatic nitrogens is 1. The first-order chi connectivity index (χ1) is 12.1. The van der Waals surface area contributed by atoms with Crippen LogP contribution in [0.3, 0.4) is 0 Å². The molecule has 0 aliphatic heterocycles. The zero-order valence-electron chi connectivity index (χ0n) is 13.7. The molecule has 1 unspecified atom stereocenters. The highest BCUT2D eigenvalue weighted by molar-refractivity contribution is 9.10. The van der Waals surface area contributed by atoms with E-state index in [0.717, 1.165) is 0 Å². The van der Waals surface area contributed by atoms with E-state index < -0.39 is 11.7 Å². The van der Waals surface area contributed by atoms with Crippen molar-refractivity contribution in [3.05, 3.63) is 52.0 Å². The molecular formula is C17H16BrFN2O4. The fourth-order valence-corrected chi connectivity index (χ4v) is 2.52. The van der Waals surface area contributed by atoms with Crippen LogP contribution in [0.2, 0.25) is 0 Å². The number of pyridine rings is 1. The van der Waals surface area contributed by atoms with E-state index in [2.05, 4.69) is 27.0 Å². The number of nitriles is 1. The van der Waals surface area contributed by atoms with E-state index >= 15 is 0 Å². The third-order valence-electron chi connectivity index (χ3n) is 3.23. The van der Waals surface area contributed by atoms with Crippen molar-refractivity contribution in [2.75, 3.05) is 27.8 Å². The Kier molecular flexibility index (Phi) is 7.13. The highest BCUT2D eigenvalue weighted by Crippen LogP contribution is 2.37. The van der Waals surface area contributed by atoms with Crippen LogP contribution in [0.5, 0.6) is 11.5 Å². The van der Waals surface area contributed by atoms with Gasteiger partial charge in [-0.2, -0.15) is 5.26 Å². The summed E-state index contributed by atoms with van der Waals surface area (Å²) >= 11 is 3.14. The van der Waals surface area contributed by atoms with Crippen molar-refractivity contribution in [2.24, 2.45) is 0 Å². The second-order valence-corrected chi connectivity index (χ2v) is 5.71. The van der Waals surface area contributed by atoms with Gasteiger partial charge in [-0.1, -0.05) is 0 Å². The average Bonchev–Trinajstić information content (AvgIpc) is 2.63. The van der Waals surface area contributed by atoms with Gasteiger partial charge in [0, 0.05) is 32.0 Å². The summed E-state index contributed by atoms with van der Waals surface area (Å²) in [6.07, 6.45) is 1.55. The fraction of sp³-hybridized carbons (Fsp3) is 0.294. The minimum Gasteiger partial charge on any atom is -0.467 e.